The molecule has 0 saturated heterocycles. The molecule has 0 radical (unpaired) electrons. The number of urea groups is 1. The zero-order valence-corrected chi connectivity index (χ0v) is 32.8. The van der Waals surface area contributed by atoms with E-state index < -0.39 is 0 Å². The lowest BCUT2D eigenvalue weighted by Crippen LogP contribution is -2.28. The van der Waals surface area contributed by atoms with Crippen LogP contribution in [0.2, 0.25) is 0 Å². The number of hydrogen-bond donors (Lipinski definition) is 3. The Hall–Kier alpha value is -7.01. The molecule has 0 unspecified atom stereocenters. The average molecular weight is 753 g/mol. The van der Waals surface area contributed by atoms with Gasteiger partial charge in [0, 0.05) is 48.3 Å². The van der Waals surface area contributed by atoms with Crippen molar-refractivity contribution >= 4 is 45.3 Å². The van der Waals surface area contributed by atoms with Gasteiger partial charge < -0.3 is 35.0 Å². The first-order valence-corrected chi connectivity index (χ1v) is 18.7. The highest BCUT2D eigenvalue weighted by atomic mass is 16.5. The van der Waals surface area contributed by atoms with E-state index in [4.69, 9.17) is 20.0 Å². The van der Waals surface area contributed by atoms with Crippen LogP contribution in [0, 0.1) is 22.7 Å². The van der Waals surface area contributed by atoms with Crippen molar-refractivity contribution in [2.45, 2.75) is 54.6 Å². The molecule has 12 heteroatoms. The molecule has 56 heavy (non-hydrogen) atoms. The molecule has 0 atom stereocenters. The van der Waals surface area contributed by atoms with Crippen LogP contribution in [-0.2, 0) is 17.9 Å². The van der Waals surface area contributed by atoms with Gasteiger partial charge in [0.2, 0.25) is 6.08 Å². The second kappa shape index (κ2) is 20.4. The molecule has 12 nitrogen and oxygen atoms in total. The van der Waals surface area contributed by atoms with E-state index in [9.17, 15) is 15.3 Å². The molecular formula is C44H48N8O4. The Bertz CT molecular complexity index is 2390. The van der Waals surface area contributed by atoms with Crippen LogP contribution in [0.4, 0.5) is 16.2 Å². The predicted molar refractivity (Wildman–Crippen MR) is 224 cm³/mol. The molecule has 0 aliphatic heterocycles. The van der Waals surface area contributed by atoms with E-state index in [2.05, 4.69) is 43.8 Å². The summed E-state index contributed by atoms with van der Waals surface area (Å²) in [5.74, 6) is 1.63. The Labute approximate surface area is 327 Å². The zero-order valence-electron chi connectivity index (χ0n) is 32.8. The highest BCUT2D eigenvalue weighted by Crippen LogP contribution is 2.37. The lowest BCUT2D eigenvalue weighted by atomic mass is 10.1. The molecule has 4 aromatic carbocycles. The minimum absolute atomic E-state index is 0.247. The van der Waals surface area contributed by atoms with Crippen molar-refractivity contribution in [3.63, 3.8) is 0 Å². The quantitative estimate of drug-likeness (QED) is 0.0672. The second-order valence-corrected chi connectivity index (χ2v) is 12.1. The third-order valence-electron chi connectivity index (χ3n) is 8.70. The largest absolute Gasteiger partial charge is 0.494 e. The first kappa shape index (κ1) is 41.7. The molecule has 6 rings (SSSR count). The maximum atomic E-state index is 11.8. The van der Waals surface area contributed by atoms with E-state index in [-0.39, 0.29) is 6.03 Å². The maximum Gasteiger partial charge on any atom is 0.319 e. The molecule has 0 saturated carbocycles. The van der Waals surface area contributed by atoms with Crippen molar-refractivity contribution in [3.05, 3.63) is 96.1 Å². The fourth-order valence-corrected chi connectivity index (χ4v) is 6.43. The third-order valence-corrected chi connectivity index (χ3v) is 8.70. The summed E-state index contributed by atoms with van der Waals surface area (Å²) in [6.07, 6.45) is 1.39. The molecule has 0 aliphatic carbocycles. The summed E-state index contributed by atoms with van der Waals surface area (Å²) in [5, 5.41) is 26.9. The molecule has 0 fully saturated rings. The van der Waals surface area contributed by atoms with Crippen LogP contribution in [0.15, 0.2) is 89.9 Å². The second-order valence-electron chi connectivity index (χ2n) is 12.1. The number of carbonyl (C=O) groups is 1. The SMILES string of the molecule is CCN=C=O.CCNC(=O)Nc1ccc2c(C#N)c(-c3ccc(OCC)cc3)n(CC)c2c1.CCOc1ccc(-c2c(C#N)c3ccc(N)cc3n2CC)cc1. The summed E-state index contributed by atoms with van der Waals surface area (Å²) in [7, 11) is 0. The highest BCUT2D eigenvalue weighted by Gasteiger charge is 2.20. The van der Waals surface area contributed by atoms with Gasteiger partial charge in [-0.2, -0.15) is 10.5 Å². The van der Waals surface area contributed by atoms with Crippen molar-refractivity contribution in [1.82, 2.24) is 14.5 Å². The zero-order chi connectivity index (χ0) is 40.6. The summed E-state index contributed by atoms with van der Waals surface area (Å²) in [6, 6.07) is 31.4. The molecule has 0 aliphatic rings. The van der Waals surface area contributed by atoms with E-state index >= 15 is 0 Å². The van der Waals surface area contributed by atoms with Gasteiger partial charge in [-0.1, -0.05) is 0 Å². The number of hydrogen-bond acceptors (Lipinski definition) is 8. The number of nitrogens with one attached hydrogen (secondary N) is 2. The first-order chi connectivity index (χ1) is 27.2. The van der Waals surface area contributed by atoms with Crippen molar-refractivity contribution in [3.8, 4) is 46.2 Å². The molecule has 0 bridgehead atoms. The highest BCUT2D eigenvalue weighted by molar-refractivity contribution is 5.99. The summed E-state index contributed by atoms with van der Waals surface area (Å²) in [6.45, 7) is 15.5. The summed E-state index contributed by atoms with van der Waals surface area (Å²) >= 11 is 0. The third kappa shape index (κ3) is 9.55. The lowest BCUT2D eigenvalue weighted by Gasteiger charge is -2.11. The molecule has 2 aromatic heterocycles. The maximum absolute atomic E-state index is 11.8. The van der Waals surface area contributed by atoms with E-state index in [1.165, 1.54) is 6.08 Å². The van der Waals surface area contributed by atoms with Gasteiger partial charge in [0.05, 0.1) is 46.8 Å². The lowest BCUT2D eigenvalue weighted by molar-refractivity contribution is 0.252. The Morgan fingerprint density at radius 2 is 1.20 bits per heavy atom. The molecule has 4 N–H and O–H groups in total. The van der Waals surface area contributed by atoms with E-state index in [1.807, 2.05) is 113 Å². The number of anilines is 2. The number of carbonyl (C=O) groups excluding carboxylic acids is 2. The Morgan fingerprint density at radius 1 is 0.714 bits per heavy atom. The Kier molecular flexibility index (Phi) is 15.2. The summed E-state index contributed by atoms with van der Waals surface area (Å²) < 4.78 is 15.3. The monoisotopic (exact) mass is 752 g/mol. The van der Waals surface area contributed by atoms with Gasteiger partial charge in [-0.05, 0) is 138 Å². The van der Waals surface area contributed by atoms with Crippen molar-refractivity contribution in [2.75, 3.05) is 37.4 Å². The number of benzene rings is 4. The van der Waals surface area contributed by atoms with Gasteiger partial charge in [-0.15, -0.1) is 0 Å². The van der Waals surface area contributed by atoms with Gasteiger partial charge >= 0.3 is 6.03 Å². The van der Waals surface area contributed by atoms with Gasteiger partial charge in [0.1, 0.15) is 23.6 Å². The number of nitrogens with two attached hydrogens (primary N) is 1. The van der Waals surface area contributed by atoms with Crippen LogP contribution in [0.1, 0.15) is 52.7 Å². The van der Waals surface area contributed by atoms with Crippen LogP contribution in [-0.4, -0.2) is 47.5 Å². The number of amides is 2. The summed E-state index contributed by atoms with van der Waals surface area (Å²) in [5.41, 5.74) is 14.3. The topological polar surface area (TPSA) is 172 Å². The van der Waals surface area contributed by atoms with Gasteiger partial charge in [0.25, 0.3) is 0 Å². The van der Waals surface area contributed by atoms with Crippen molar-refractivity contribution < 1.29 is 19.1 Å². The molecule has 0 spiro atoms. The number of fused-ring (bicyclic) bond motifs is 2. The van der Waals surface area contributed by atoms with Gasteiger partial charge in [-0.3, -0.25) is 0 Å². The van der Waals surface area contributed by atoms with E-state index in [1.54, 1.807) is 6.92 Å². The molecule has 2 amide bonds. The molecule has 2 heterocycles. The number of nitrogens with zero attached hydrogens (tertiary/aromatic N) is 5. The van der Waals surface area contributed by atoms with Crippen molar-refractivity contribution in [1.29, 1.82) is 10.5 Å². The molecule has 6 aromatic rings. The van der Waals surface area contributed by atoms with Crippen LogP contribution in [0.5, 0.6) is 11.5 Å². The molecule has 288 valence electrons. The number of rotatable bonds is 11. The van der Waals surface area contributed by atoms with Gasteiger partial charge in [-0.25, -0.2) is 14.6 Å². The number of aromatic nitrogens is 2. The predicted octanol–water partition coefficient (Wildman–Crippen LogP) is 9.26. The number of nitrogen functional groups attached to an aromatic ring is 1. The Morgan fingerprint density at radius 3 is 1.59 bits per heavy atom. The van der Waals surface area contributed by atoms with E-state index in [0.29, 0.717) is 55.3 Å². The first-order valence-electron chi connectivity index (χ1n) is 18.7. The summed E-state index contributed by atoms with van der Waals surface area (Å²) in [4.78, 5) is 24.1. The number of aryl methyl sites for hydroxylation is 2. The molecular weight excluding hydrogens is 705 g/mol. The van der Waals surface area contributed by atoms with Crippen LogP contribution >= 0.6 is 0 Å². The average Bonchev–Trinajstić information content (AvgIpc) is 3.70. The van der Waals surface area contributed by atoms with Crippen LogP contribution in [0.25, 0.3) is 44.3 Å². The smallest absolute Gasteiger partial charge is 0.319 e. The van der Waals surface area contributed by atoms with Crippen LogP contribution < -0.4 is 25.8 Å². The van der Waals surface area contributed by atoms with Crippen LogP contribution in [0.3, 0.4) is 0 Å². The standard InChI is InChI=1S/C22H24N4O2.C19H19N3O.C3H5NO/c1-4-24-22(27)25-16-9-12-18-19(14-23)21(26(5-2)20(18)13-16)15-7-10-17(11-8-15)28-6-3;1-3-22-18-11-14(21)7-10-16(18)17(12-20)19(22)13-5-8-15(9-6-13)23-4-2;1-2-4-3-5/h7-13H,4-6H2,1-3H3,(H2,24,25,27);5-11H,3-4,21H2,1-2H3;2H2,1H3. The van der Waals surface area contributed by atoms with Crippen molar-refractivity contribution in [2.24, 2.45) is 4.99 Å². The fourth-order valence-electron chi connectivity index (χ4n) is 6.43. The minimum Gasteiger partial charge on any atom is -0.494 e. The number of nitriles is 2. The van der Waals surface area contributed by atoms with Gasteiger partial charge in [0.15, 0.2) is 0 Å². The number of ether oxygens (including phenoxy) is 2. The minimum atomic E-state index is -0.247. The Balaban J connectivity index is 0.000000225. The normalized spacial score (nSPS) is 10.1. The fraction of sp³-hybridized carbons (Fsp3) is 0.273. The van der Waals surface area contributed by atoms with E-state index in [0.717, 1.165) is 62.4 Å². The number of isocyanates is 1. The number of aliphatic imine (C=N–C) groups is 1.